The number of aryl methyl sites for hydroxylation is 1. The van der Waals surface area contributed by atoms with E-state index >= 15 is 0 Å². The van der Waals surface area contributed by atoms with Crippen LogP contribution in [0.4, 0.5) is 0 Å². The third-order valence-corrected chi connectivity index (χ3v) is 5.69. The van der Waals surface area contributed by atoms with Gasteiger partial charge in [-0.25, -0.2) is 4.98 Å². The van der Waals surface area contributed by atoms with Gasteiger partial charge in [0.25, 0.3) is 5.91 Å². The Kier molecular flexibility index (Phi) is 5.14. The molecule has 0 radical (unpaired) electrons. The molecule has 3 heterocycles. The average Bonchev–Trinajstić information content (AvgIpc) is 2.78. The van der Waals surface area contributed by atoms with Gasteiger partial charge in [-0.15, -0.1) is 0 Å². The highest BCUT2D eigenvalue weighted by molar-refractivity contribution is 6.31. The number of carbonyl (C=O) groups excluding carboxylic acids is 1. The molecule has 0 aliphatic carbocycles. The van der Waals surface area contributed by atoms with Gasteiger partial charge >= 0.3 is 11.1 Å². The first-order chi connectivity index (χ1) is 14.4. The van der Waals surface area contributed by atoms with Crippen LogP contribution in [0, 0.1) is 11.3 Å². The Bertz CT molecular complexity index is 1300. The zero-order chi connectivity index (χ0) is 21.4. The van der Waals surface area contributed by atoms with Crippen molar-refractivity contribution in [1.82, 2.24) is 19.0 Å². The van der Waals surface area contributed by atoms with E-state index in [1.165, 1.54) is 22.4 Å². The molecule has 152 valence electrons. The highest BCUT2D eigenvalue weighted by Crippen LogP contribution is 2.25. The summed E-state index contributed by atoms with van der Waals surface area (Å²) >= 11 is 6.02. The minimum Gasteiger partial charge on any atom is -0.338 e. The van der Waals surface area contributed by atoms with E-state index in [4.69, 9.17) is 16.9 Å². The van der Waals surface area contributed by atoms with Crippen LogP contribution >= 0.6 is 11.6 Å². The molecule has 0 bridgehead atoms. The van der Waals surface area contributed by atoms with Crippen molar-refractivity contribution < 1.29 is 4.79 Å². The van der Waals surface area contributed by atoms with Gasteiger partial charge in [0.15, 0.2) is 5.65 Å². The van der Waals surface area contributed by atoms with Crippen LogP contribution in [-0.4, -0.2) is 38.0 Å². The molecule has 0 spiro atoms. The van der Waals surface area contributed by atoms with E-state index in [0.717, 1.165) is 0 Å². The number of nitriles is 1. The van der Waals surface area contributed by atoms with Gasteiger partial charge in [-0.2, -0.15) is 5.26 Å². The fourth-order valence-electron chi connectivity index (χ4n) is 3.84. The SMILES string of the molecule is Cn1c(=O)c(=O)n(C2CCN(C(=O)c3ccc(C#N)cc3)CC2)c2ncc(Cl)cc21. The second-order valence-electron chi connectivity index (χ2n) is 7.25. The zero-order valence-electron chi connectivity index (χ0n) is 16.2. The van der Waals surface area contributed by atoms with E-state index < -0.39 is 11.1 Å². The summed E-state index contributed by atoms with van der Waals surface area (Å²) in [6, 6.07) is 9.91. The molecule has 3 aromatic rings. The molecule has 1 amide bonds. The highest BCUT2D eigenvalue weighted by atomic mass is 35.5. The van der Waals surface area contributed by atoms with Crippen molar-refractivity contribution in [3.05, 3.63) is 73.4 Å². The summed E-state index contributed by atoms with van der Waals surface area (Å²) in [7, 11) is 1.52. The van der Waals surface area contributed by atoms with Crippen molar-refractivity contribution >= 4 is 28.7 Å². The topological polar surface area (TPSA) is 101 Å². The molecule has 4 rings (SSSR count). The maximum Gasteiger partial charge on any atom is 0.318 e. The van der Waals surface area contributed by atoms with Crippen LogP contribution in [0.1, 0.15) is 34.8 Å². The second-order valence-corrected chi connectivity index (χ2v) is 7.68. The Labute approximate surface area is 176 Å². The third-order valence-electron chi connectivity index (χ3n) is 5.49. The predicted molar refractivity (Wildman–Crippen MR) is 112 cm³/mol. The molecule has 1 saturated heterocycles. The van der Waals surface area contributed by atoms with E-state index in [-0.39, 0.29) is 11.9 Å². The number of nitrogens with zero attached hydrogens (tertiary/aromatic N) is 5. The Morgan fingerprint density at radius 2 is 1.83 bits per heavy atom. The van der Waals surface area contributed by atoms with Gasteiger partial charge in [-0.3, -0.25) is 19.0 Å². The molecule has 0 unspecified atom stereocenters. The van der Waals surface area contributed by atoms with Crippen LogP contribution in [0.2, 0.25) is 5.02 Å². The molecule has 8 nitrogen and oxygen atoms in total. The van der Waals surface area contributed by atoms with Gasteiger partial charge in [0, 0.05) is 37.9 Å². The lowest BCUT2D eigenvalue weighted by Crippen LogP contribution is -2.46. The maximum absolute atomic E-state index is 12.8. The predicted octanol–water partition coefficient (Wildman–Crippen LogP) is 2.10. The molecule has 2 aromatic heterocycles. The van der Waals surface area contributed by atoms with E-state index in [2.05, 4.69) is 4.98 Å². The zero-order valence-corrected chi connectivity index (χ0v) is 17.0. The number of pyridine rings is 1. The Hall–Kier alpha value is -3.44. The van der Waals surface area contributed by atoms with Gasteiger partial charge in [0.1, 0.15) is 0 Å². The van der Waals surface area contributed by atoms with Crippen molar-refractivity contribution in [2.24, 2.45) is 7.05 Å². The van der Waals surface area contributed by atoms with Crippen molar-refractivity contribution in [2.75, 3.05) is 13.1 Å². The number of hydrogen-bond acceptors (Lipinski definition) is 5. The van der Waals surface area contributed by atoms with Crippen LogP contribution in [-0.2, 0) is 7.05 Å². The summed E-state index contributed by atoms with van der Waals surface area (Å²) in [6.07, 6.45) is 2.50. The number of amides is 1. The van der Waals surface area contributed by atoms with Gasteiger partial charge in [0.2, 0.25) is 0 Å². The number of likely N-dealkylation sites (tertiary alicyclic amines) is 1. The summed E-state index contributed by atoms with van der Waals surface area (Å²) in [5.74, 6) is -0.121. The molecular weight excluding hydrogens is 406 g/mol. The average molecular weight is 424 g/mol. The first-order valence-corrected chi connectivity index (χ1v) is 9.84. The van der Waals surface area contributed by atoms with Crippen LogP contribution < -0.4 is 11.1 Å². The number of benzene rings is 1. The fraction of sp³-hybridized carbons (Fsp3) is 0.286. The Morgan fingerprint density at radius 1 is 1.17 bits per heavy atom. The lowest BCUT2D eigenvalue weighted by Gasteiger charge is -2.33. The largest absolute Gasteiger partial charge is 0.338 e. The summed E-state index contributed by atoms with van der Waals surface area (Å²) in [6.45, 7) is 0.889. The number of hydrogen-bond donors (Lipinski definition) is 0. The van der Waals surface area contributed by atoms with E-state index in [1.54, 1.807) is 35.2 Å². The van der Waals surface area contributed by atoms with Crippen molar-refractivity contribution in [2.45, 2.75) is 18.9 Å². The first kappa shape index (κ1) is 19.9. The molecular formula is C21H18ClN5O3. The molecule has 1 aliphatic heterocycles. The van der Waals surface area contributed by atoms with Gasteiger partial charge in [0.05, 0.1) is 22.2 Å². The molecule has 1 aliphatic rings. The van der Waals surface area contributed by atoms with Crippen LogP contribution in [0.3, 0.4) is 0 Å². The number of aromatic nitrogens is 3. The second kappa shape index (κ2) is 7.76. The van der Waals surface area contributed by atoms with E-state index in [0.29, 0.717) is 53.2 Å². The molecule has 0 saturated carbocycles. The number of fused-ring (bicyclic) bond motifs is 1. The molecule has 0 atom stereocenters. The normalized spacial score (nSPS) is 14.6. The van der Waals surface area contributed by atoms with Gasteiger partial charge < -0.3 is 9.47 Å². The highest BCUT2D eigenvalue weighted by Gasteiger charge is 2.27. The number of rotatable bonds is 2. The van der Waals surface area contributed by atoms with Crippen LogP contribution in [0.25, 0.3) is 11.2 Å². The lowest BCUT2D eigenvalue weighted by atomic mass is 10.0. The molecule has 1 aromatic carbocycles. The van der Waals surface area contributed by atoms with Gasteiger partial charge in [-0.1, -0.05) is 11.6 Å². The molecule has 0 N–H and O–H groups in total. The van der Waals surface area contributed by atoms with Crippen molar-refractivity contribution in [3.8, 4) is 6.07 Å². The summed E-state index contributed by atoms with van der Waals surface area (Å²) < 4.78 is 2.70. The lowest BCUT2D eigenvalue weighted by molar-refractivity contribution is 0.0694. The summed E-state index contributed by atoms with van der Waals surface area (Å²) in [4.78, 5) is 43.9. The standard InChI is InChI=1S/C21H18ClN5O3/c1-25-17-10-15(22)12-24-18(17)27(21(30)20(25)29)16-6-8-26(9-7-16)19(28)14-4-2-13(11-23)3-5-14/h2-5,10,12,16H,6-9H2,1H3. The number of piperidine rings is 1. The summed E-state index contributed by atoms with van der Waals surface area (Å²) in [5.41, 5.74) is 0.639. The number of halogens is 1. The van der Waals surface area contributed by atoms with Gasteiger partial charge in [-0.05, 0) is 43.2 Å². The van der Waals surface area contributed by atoms with Crippen LogP contribution in [0.15, 0.2) is 46.1 Å². The minimum absolute atomic E-state index is 0.121. The van der Waals surface area contributed by atoms with E-state index in [9.17, 15) is 14.4 Å². The Morgan fingerprint density at radius 3 is 2.47 bits per heavy atom. The third kappa shape index (κ3) is 3.37. The van der Waals surface area contributed by atoms with Crippen molar-refractivity contribution in [1.29, 1.82) is 5.26 Å². The fourth-order valence-corrected chi connectivity index (χ4v) is 3.99. The minimum atomic E-state index is -0.636. The smallest absolute Gasteiger partial charge is 0.318 e. The first-order valence-electron chi connectivity index (χ1n) is 9.47. The van der Waals surface area contributed by atoms with Crippen molar-refractivity contribution in [3.63, 3.8) is 0 Å². The Balaban J connectivity index is 1.61. The molecule has 30 heavy (non-hydrogen) atoms. The summed E-state index contributed by atoms with van der Waals surface area (Å²) in [5, 5.41) is 9.27. The molecule has 1 fully saturated rings. The molecule has 9 heteroatoms. The quantitative estimate of drug-likeness (QED) is 0.587. The van der Waals surface area contributed by atoms with E-state index in [1.807, 2.05) is 6.07 Å². The van der Waals surface area contributed by atoms with Crippen LogP contribution in [0.5, 0.6) is 0 Å². The monoisotopic (exact) mass is 423 g/mol. The number of carbonyl (C=O) groups is 1. The maximum atomic E-state index is 12.8.